The topological polar surface area (TPSA) is 49.3 Å². The zero-order valence-corrected chi connectivity index (χ0v) is 15.2. The predicted octanol–water partition coefficient (Wildman–Crippen LogP) is 4.37. The van der Waals surface area contributed by atoms with E-state index < -0.39 is 6.10 Å². The Kier molecular flexibility index (Phi) is 7.63. The molecule has 2 unspecified atom stereocenters. The average molecular weight is 364 g/mol. The third kappa shape index (κ3) is 5.86. The molecule has 2 rings (SSSR count). The fourth-order valence-corrected chi connectivity index (χ4v) is 3.32. The number of amides is 1. The highest BCUT2D eigenvalue weighted by Gasteiger charge is 2.14. The summed E-state index contributed by atoms with van der Waals surface area (Å²) >= 11 is 7.33. The maximum atomic E-state index is 12.1. The molecule has 5 heteroatoms. The molecule has 2 N–H and O–H groups in total. The van der Waals surface area contributed by atoms with Gasteiger partial charge in [-0.05, 0) is 29.7 Å². The van der Waals surface area contributed by atoms with Crippen molar-refractivity contribution in [2.24, 2.45) is 0 Å². The van der Waals surface area contributed by atoms with Crippen LogP contribution in [0, 0.1) is 0 Å². The number of halogens is 1. The lowest BCUT2D eigenvalue weighted by Gasteiger charge is -2.18. The van der Waals surface area contributed by atoms with Crippen molar-refractivity contribution < 1.29 is 9.90 Å². The first-order chi connectivity index (χ1) is 11.6. The van der Waals surface area contributed by atoms with Crippen LogP contribution in [0.15, 0.2) is 54.6 Å². The zero-order chi connectivity index (χ0) is 17.4. The van der Waals surface area contributed by atoms with E-state index in [-0.39, 0.29) is 11.9 Å². The molecule has 0 aromatic heterocycles. The number of carbonyl (C=O) groups excluding carboxylic acids is 1. The molecule has 0 spiro atoms. The Morgan fingerprint density at radius 1 is 1.12 bits per heavy atom. The third-order valence-corrected chi connectivity index (χ3v) is 4.98. The summed E-state index contributed by atoms with van der Waals surface area (Å²) in [6, 6.07) is 17.0. The van der Waals surface area contributed by atoms with Gasteiger partial charge < -0.3 is 10.4 Å². The number of aliphatic hydroxyl groups excluding tert-OH is 1. The third-order valence-electron chi connectivity index (χ3n) is 3.71. The molecule has 2 aromatic carbocycles. The molecule has 0 bridgehead atoms. The zero-order valence-electron chi connectivity index (χ0n) is 13.6. The van der Waals surface area contributed by atoms with E-state index in [1.807, 2.05) is 61.5 Å². The molecule has 0 aliphatic carbocycles. The van der Waals surface area contributed by atoms with E-state index in [4.69, 9.17) is 11.6 Å². The summed E-state index contributed by atoms with van der Waals surface area (Å²) in [6.07, 6.45) is 0.257. The standard InChI is InChI=1S/C19H22ClNO2S/c1-2-17(14-8-10-16(20)11-9-14)21-19(23)13-24-12-18(22)15-6-4-3-5-7-15/h3-11,17-18,22H,2,12-13H2,1H3,(H,21,23). The lowest BCUT2D eigenvalue weighted by atomic mass is 10.0. The Balaban J connectivity index is 1.78. The summed E-state index contributed by atoms with van der Waals surface area (Å²) in [5.74, 6) is 0.797. The van der Waals surface area contributed by atoms with Crippen LogP contribution < -0.4 is 5.32 Å². The quantitative estimate of drug-likeness (QED) is 0.732. The van der Waals surface area contributed by atoms with Crippen LogP contribution in [0.5, 0.6) is 0 Å². The lowest BCUT2D eigenvalue weighted by Crippen LogP contribution is -2.29. The van der Waals surface area contributed by atoms with Crippen LogP contribution in [0.3, 0.4) is 0 Å². The molecule has 0 radical (unpaired) electrons. The first kappa shape index (κ1) is 18.8. The van der Waals surface area contributed by atoms with Gasteiger partial charge in [0.2, 0.25) is 5.91 Å². The highest BCUT2D eigenvalue weighted by atomic mass is 35.5. The molecule has 2 aromatic rings. The average Bonchev–Trinajstić information content (AvgIpc) is 2.61. The van der Waals surface area contributed by atoms with Crippen LogP contribution in [-0.2, 0) is 4.79 Å². The first-order valence-electron chi connectivity index (χ1n) is 7.95. The number of rotatable bonds is 8. The number of hydrogen-bond acceptors (Lipinski definition) is 3. The monoisotopic (exact) mass is 363 g/mol. The highest BCUT2D eigenvalue weighted by Crippen LogP contribution is 2.20. The Morgan fingerprint density at radius 3 is 2.42 bits per heavy atom. The van der Waals surface area contributed by atoms with Gasteiger partial charge in [0.15, 0.2) is 0 Å². The van der Waals surface area contributed by atoms with Gasteiger partial charge in [-0.15, -0.1) is 11.8 Å². The normalized spacial score (nSPS) is 13.3. The molecule has 3 nitrogen and oxygen atoms in total. The maximum absolute atomic E-state index is 12.1. The van der Waals surface area contributed by atoms with Crippen molar-refractivity contribution >= 4 is 29.3 Å². The maximum Gasteiger partial charge on any atom is 0.230 e. The number of benzene rings is 2. The van der Waals surface area contributed by atoms with Crippen molar-refractivity contribution in [1.29, 1.82) is 0 Å². The van der Waals surface area contributed by atoms with Crippen molar-refractivity contribution in [3.05, 3.63) is 70.7 Å². The summed E-state index contributed by atoms with van der Waals surface area (Å²) < 4.78 is 0. The van der Waals surface area contributed by atoms with E-state index in [1.165, 1.54) is 11.8 Å². The summed E-state index contributed by atoms with van der Waals surface area (Å²) in [6.45, 7) is 2.03. The van der Waals surface area contributed by atoms with Crippen LogP contribution in [0.25, 0.3) is 0 Å². The number of thioether (sulfide) groups is 1. The van der Waals surface area contributed by atoms with Crippen LogP contribution >= 0.6 is 23.4 Å². The molecule has 0 aliphatic rings. The highest BCUT2D eigenvalue weighted by molar-refractivity contribution is 7.99. The number of carbonyl (C=O) groups is 1. The van der Waals surface area contributed by atoms with Gasteiger partial charge in [0, 0.05) is 10.8 Å². The summed E-state index contributed by atoms with van der Waals surface area (Å²) in [5.41, 5.74) is 1.92. The fourth-order valence-electron chi connectivity index (χ4n) is 2.39. The van der Waals surface area contributed by atoms with Gasteiger partial charge in [0.25, 0.3) is 0 Å². The molecule has 0 aliphatic heterocycles. The van der Waals surface area contributed by atoms with Crippen molar-refractivity contribution in [3.8, 4) is 0 Å². The molecule has 2 atom stereocenters. The SMILES string of the molecule is CCC(NC(=O)CSCC(O)c1ccccc1)c1ccc(Cl)cc1. The van der Waals surface area contributed by atoms with E-state index in [0.29, 0.717) is 16.5 Å². The summed E-state index contributed by atoms with van der Waals surface area (Å²) in [5, 5.41) is 13.8. The van der Waals surface area contributed by atoms with E-state index in [9.17, 15) is 9.90 Å². The minimum absolute atomic E-state index is 0.0191. The molecular formula is C19H22ClNO2S. The number of hydrogen-bond donors (Lipinski definition) is 2. The van der Waals surface area contributed by atoms with E-state index >= 15 is 0 Å². The van der Waals surface area contributed by atoms with Gasteiger partial charge in [-0.3, -0.25) is 4.79 Å². The van der Waals surface area contributed by atoms with Gasteiger partial charge in [0.05, 0.1) is 17.9 Å². The van der Waals surface area contributed by atoms with Crippen molar-refractivity contribution in [3.63, 3.8) is 0 Å². The molecule has 0 saturated heterocycles. The molecule has 128 valence electrons. The lowest BCUT2D eigenvalue weighted by molar-refractivity contribution is -0.119. The smallest absolute Gasteiger partial charge is 0.230 e. The van der Waals surface area contributed by atoms with Crippen molar-refractivity contribution in [2.75, 3.05) is 11.5 Å². The van der Waals surface area contributed by atoms with Gasteiger partial charge in [-0.1, -0.05) is 61.0 Å². The van der Waals surface area contributed by atoms with Gasteiger partial charge >= 0.3 is 0 Å². The van der Waals surface area contributed by atoms with Crippen molar-refractivity contribution in [1.82, 2.24) is 5.32 Å². The first-order valence-corrected chi connectivity index (χ1v) is 9.49. The van der Waals surface area contributed by atoms with Crippen LogP contribution in [0.1, 0.15) is 36.6 Å². The Labute approximate surface area is 152 Å². The van der Waals surface area contributed by atoms with E-state index in [0.717, 1.165) is 17.5 Å². The Morgan fingerprint density at radius 2 is 1.79 bits per heavy atom. The minimum Gasteiger partial charge on any atom is -0.388 e. The summed E-state index contributed by atoms with van der Waals surface area (Å²) in [4.78, 5) is 12.1. The fraction of sp³-hybridized carbons (Fsp3) is 0.316. The van der Waals surface area contributed by atoms with Crippen LogP contribution in [-0.4, -0.2) is 22.5 Å². The Hall–Kier alpha value is -1.49. The van der Waals surface area contributed by atoms with Gasteiger partial charge in [-0.2, -0.15) is 0 Å². The number of aliphatic hydroxyl groups is 1. The predicted molar refractivity (Wildman–Crippen MR) is 101 cm³/mol. The second-order valence-electron chi connectivity index (χ2n) is 5.52. The van der Waals surface area contributed by atoms with E-state index in [2.05, 4.69) is 5.32 Å². The molecule has 1 amide bonds. The second-order valence-corrected chi connectivity index (χ2v) is 6.99. The molecular weight excluding hydrogens is 342 g/mol. The molecule has 24 heavy (non-hydrogen) atoms. The van der Waals surface area contributed by atoms with Crippen LogP contribution in [0.2, 0.25) is 5.02 Å². The second kappa shape index (κ2) is 9.72. The minimum atomic E-state index is -0.553. The molecule has 0 saturated carbocycles. The van der Waals surface area contributed by atoms with Gasteiger partial charge in [-0.25, -0.2) is 0 Å². The largest absolute Gasteiger partial charge is 0.388 e. The molecule has 0 heterocycles. The van der Waals surface area contributed by atoms with Gasteiger partial charge in [0.1, 0.15) is 0 Å². The molecule has 0 fully saturated rings. The number of nitrogens with one attached hydrogen (secondary N) is 1. The van der Waals surface area contributed by atoms with E-state index in [1.54, 1.807) is 0 Å². The Bertz CT molecular complexity index is 634. The van der Waals surface area contributed by atoms with Crippen molar-refractivity contribution in [2.45, 2.75) is 25.5 Å². The van der Waals surface area contributed by atoms with Crippen LogP contribution in [0.4, 0.5) is 0 Å². The summed E-state index contributed by atoms with van der Waals surface area (Å²) in [7, 11) is 0.